The van der Waals surface area contributed by atoms with E-state index in [0.29, 0.717) is 11.5 Å². The summed E-state index contributed by atoms with van der Waals surface area (Å²) in [6.07, 6.45) is 3.84. The van der Waals surface area contributed by atoms with Crippen LogP contribution in [0.3, 0.4) is 0 Å². The van der Waals surface area contributed by atoms with E-state index in [1.165, 1.54) is 32.4 Å². The lowest BCUT2D eigenvalue weighted by atomic mass is 9.65. The molecular weight excluding hydrogens is 250 g/mol. The SMILES string of the molecule is CNC(=O)c1ccc(NC2CC3(CCNC3)C2)c(C)c1. The van der Waals surface area contributed by atoms with Crippen molar-refractivity contribution >= 4 is 11.6 Å². The quantitative estimate of drug-likeness (QED) is 0.788. The number of anilines is 1. The standard InChI is InChI=1S/C16H23N3O/c1-11-7-12(15(20)17-2)3-4-14(11)19-13-8-16(9-13)5-6-18-10-16/h3-4,7,13,18-19H,5-6,8-10H2,1-2H3,(H,17,20). The van der Waals surface area contributed by atoms with Gasteiger partial charge in [0, 0.05) is 30.9 Å². The number of aryl methyl sites for hydroxylation is 1. The highest BCUT2D eigenvalue weighted by atomic mass is 16.1. The van der Waals surface area contributed by atoms with E-state index in [1.54, 1.807) is 7.05 Å². The third-order valence-electron chi connectivity index (χ3n) is 4.77. The molecule has 1 spiro atoms. The van der Waals surface area contributed by atoms with Crippen LogP contribution in [0.5, 0.6) is 0 Å². The minimum Gasteiger partial charge on any atom is -0.382 e. The highest BCUT2D eigenvalue weighted by Gasteiger charge is 2.45. The zero-order valence-electron chi connectivity index (χ0n) is 12.3. The molecule has 1 aromatic carbocycles. The van der Waals surface area contributed by atoms with Gasteiger partial charge in [-0.2, -0.15) is 0 Å². The van der Waals surface area contributed by atoms with Crippen molar-refractivity contribution in [3.8, 4) is 0 Å². The highest BCUT2D eigenvalue weighted by molar-refractivity contribution is 5.94. The van der Waals surface area contributed by atoms with Crippen LogP contribution in [0.25, 0.3) is 0 Å². The highest BCUT2D eigenvalue weighted by Crippen LogP contribution is 2.46. The average Bonchev–Trinajstić information content (AvgIpc) is 2.89. The molecule has 4 nitrogen and oxygen atoms in total. The second-order valence-electron chi connectivity index (χ2n) is 6.29. The molecule has 20 heavy (non-hydrogen) atoms. The van der Waals surface area contributed by atoms with Crippen molar-refractivity contribution in [1.29, 1.82) is 0 Å². The van der Waals surface area contributed by atoms with Gasteiger partial charge in [0.15, 0.2) is 0 Å². The molecule has 1 heterocycles. The second-order valence-corrected chi connectivity index (χ2v) is 6.29. The summed E-state index contributed by atoms with van der Waals surface area (Å²) in [5.41, 5.74) is 3.58. The average molecular weight is 273 g/mol. The van der Waals surface area contributed by atoms with E-state index in [1.807, 2.05) is 18.2 Å². The number of amides is 1. The van der Waals surface area contributed by atoms with Crippen LogP contribution in [0.1, 0.15) is 35.2 Å². The van der Waals surface area contributed by atoms with Gasteiger partial charge in [-0.05, 0) is 61.9 Å². The van der Waals surface area contributed by atoms with Crippen molar-refractivity contribution in [2.45, 2.75) is 32.2 Å². The fourth-order valence-corrected chi connectivity index (χ4v) is 3.56. The minimum atomic E-state index is -0.0284. The fraction of sp³-hybridized carbons (Fsp3) is 0.562. The molecular formula is C16H23N3O. The first-order chi connectivity index (χ1) is 9.62. The van der Waals surface area contributed by atoms with E-state index in [4.69, 9.17) is 0 Å². The molecule has 2 fully saturated rings. The predicted octanol–water partition coefficient (Wildman–Crippen LogP) is 1.91. The van der Waals surface area contributed by atoms with Gasteiger partial charge in [0.2, 0.25) is 0 Å². The summed E-state index contributed by atoms with van der Waals surface area (Å²) in [6.45, 7) is 4.41. The van der Waals surface area contributed by atoms with E-state index in [9.17, 15) is 4.79 Å². The fourth-order valence-electron chi connectivity index (χ4n) is 3.56. The van der Waals surface area contributed by atoms with E-state index in [-0.39, 0.29) is 5.91 Å². The lowest BCUT2D eigenvalue weighted by Gasteiger charge is -2.45. The Kier molecular flexibility index (Phi) is 3.42. The zero-order valence-corrected chi connectivity index (χ0v) is 12.3. The summed E-state index contributed by atoms with van der Waals surface area (Å²) in [6, 6.07) is 6.45. The molecule has 1 saturated carbocycles. The van der Waals surface area contributed by atoms with Crippen LogP contribution in [0.15, 0.2) is 18.2 Å². The maximum Gasteiger partial charge on any atom is 0.251 e. The molecule has 3 N–H and O–H groups in total. The number of hydrogen-bond donors (Lipinski definition) is 3. The molecule has 108 valence electrons. The number of carbonyl (C=O) groups is 1. The van der Waals surface area contributed by atoms with Gasteiger partial charge < -0.3 is 16.0 Å². The molecule has 4 heteroatoms. The van der Waals surface area contributed by atoms with Gasteiger partial charge in [-0.25, -0.2) is 0 Å². The van der Waals surface area contributed by atoms with Crippen LogP contribution in [0, 0.1) is 12.3 Å². The normalized spacial score (nSPS) is 28.2. The van der Waals surface area contributed by atoms with Crippen LogP contribution < -0.4 is 16.0 Å². The topological polar surface area (TPSA) is 53.2 Å². The van der Waals surface area contributed by atoms with Gasteiger partial charge in [-0.15, -0.1) is 0 Å². The largest absolute Gasteiger partial charge is 0.382 e. The first-order valence-electron chi connectivity index (χ1n) is 7.42. The molecule has 0 atom stereocenters. The molecule has 0 unspecified atom stereocenters. The van der Waals surface area contributed by atoms with Crippen LogP contribution in [-0.2, 0) is 0 Å². The van der Waals surface area contributed by atoms with Crippen LogP contribution >= 0.6 is 0 Å². The third kappa shape index (κ3) is 2.40. The number of nitrogens with one attached hydrogen (secondary N) is 3. The first kappa shape index (κ1) is 13.4. The van der Waals surface area contributed by atoms with Crippen molar-refractivity contribution in [2.24, 2.45) is 5.41 Å². The molecule has 0 bridgehead atoms. The summed E-state index contributed by atoms with van der Waals surface area (Å²) < 4.78 is 0. The van der Waals surface area contributed by atoms with Crippen molar-refractivity contribution in [3.63, 3.8) is 0 Å². The Hall–Kier alpha value is -1.55. The van der Waals surface area contributed by atoms with Crippen LogP contribution in [0.4, 0.5) is 5.69 Å². The molecule has 1 aliphatic carbocycles. The van der Waals surface area contributed by atoms with Crippen molar-refractivity contribution in [3.05, 3.63) is 29.3 Å². The van der Waals surface area contributed by atoms with Crippen LogP contribution in [0.2, 0.25) is 0 Å². The van der Waals surface area contributed by atoms with E-state index < -0.39 is 0 Å². The van der Waals surface area contributed by atoms with Gasteiger partial charge in [0.05, 0.1) is 0 Å². The third-order valence-corrected chi connectivity index (χ3v) is 4.77. The summed E-state index contributed by atoms with van der Waals surface area (Å²) in [4.78, 5) is 11.6. The van der Waals surface area contributed by atoms with Crippen molar-refractivity contribution in [2.75, 3.05) is 25.5 Å². The number of hydrogen-bond acceptors (Lipinski definition) is 3. The number of rotatable bonds is 3. The maximum atomic E-state index is 11.6. The molecule has 1 aliphatic heterocycles. The number of benzene rings is 1. The van der Waals surface area contributed by atoms with Gasteiger partial charge in [0.1, 0.15) is 0 Å². The summed E-state index contributed by atoms with van der Waals surface area (Å²) >= 11 is 0. The molecule has 1 amide bonds. The Bertz CT molecular complexity index is 512. The molecule has 0 radical (unpaired) electrons. The molecule has 2 aliphatic rings. The Morgan fingerprint density at radius 1 is 1.40 bits per heavy atom. The smallest absolute Gasteiger partial charge is 0.251 e. The van der Waals surface area contributed by atoms with Gasteiger partial charge in [-0.3, -0.25) is 4.79 Å². The molecule has 1 aromatic rings. The summed E-state index contributed by atoms with van der Waals surface area (Å²) in [7, 11) is 1.66. The van der Waals surface area contributed by atoms with E-state index in [0.717, 1.165) is 16.8 Å². The molecule has 1 saturated heterocycles. The van der Waals surface area contributed by atoms with Crippen LogP contribution in [-0.4, -0.2) is 32.1 Å². The van der Waals surface area contributed by atoms with E-state index >= 15 is 0 Å². The minimum absolute atomic E-state index is 0.0284. The maximum absolute atomic E-state index is 11.6. The predicted molar refractivity (Wildman–Crippen MR) is 81.1 cm³/mol. The summed E-state index contributed by atoms with van der Waals surface area (Å²) in [5.74, 6) is -0.0284. The Labute approximate surface area is 120 Å². The summed E-state index contributed by atoms with van der Waals surface area (Å²) in [5, 5.41) is 9.75. The molecule has 3 rings (SSSR count). The number of carbonyl (C=O) groups excluding carboxylic acids is 1. The van der Waals surface area contributed by atoms with Gasteiger partial charge in [-0.1, -0.05) is 0 Å². The van der Waals surface area contributed by atoms with Crippen molar-refractivity contribution < 1.29 is 4.79 Å². The Morgan fingerprint density at radius 2 is 2.20 bits per heavy atom. The monoisotopic (exact) mass is 273 g/mol. The Morgan fingerprint density at radius 3 is 2.80 bits per heavy atom. The van der Waals surface area contributed by atoms with Gasteiger partial charge >= 0.3 is 0 Å². The molecule has 0 aromatic heterocycles. The lowest BCUT2D eigenvalue weighted by molar-refractivity contribution is 0.0963. The van der Waals surface area contributed by atoms with Gasteiger partial charge in [0.25, 0.3) is 5.91 Å². The Balaban J connectivity index is 1.62. The first-order valence-corrected chi connectivity index (χ1v) is 7.42. The van der Waals surface area contributed by atoms with E-state index in [2.05, 4.69) is 22.9 Å². The second kappa shape index (κ2) is 5.09. The van der Waals surface area contributed by atoms with Crippen molar-refractivity contribution in [1.82, 2.24) is 10.6 Å². The lowest BCUT2D eigenvalue weighted by Crippen LogP contribution is -2.46. The zero-order chi connectivity index (χ0) is 14.2.